The SMILES string of the molecule is C=C/C=C(C)/C(NCCOC)=C(C)/C=C(\C)OC. The molecule has 0 spiro atoms. The van der Waals surface area contributed by atoms with Gasteiger partial charge in [0.05, 0.1) is 19.5 Å². The van der Waals surface area contributed by atoms with Crippen molar-refractivity contribution in [2.75, 3.05) is 27.4 Å². The van der Waals surface area contributed by atoms with Gasteiger partial charge in [-0.25, -0.2) is 0 Å². The number of hydrogen-bond acceptors (Lipinski definition) is 3. The van der Waals surface area contributed by atoms with E-state index >= 15 is 0 Å². The summed E-state index contributed by atoms with van der Waals surface area (Å²) in [5, 5.41) is 3.37. The first-order valence-corrected chi connectivity index (χ1v) is 6.02. The van der Waals surface area contributed by atoms with Crippen LogP contribution in [0.2, 0.25) is 0 Å². The zero-order chi connectivity index (χ0) is 14.0. The van der Waals surface area contributed by atoms with Gasteiger partial charge in [-0.05, 0) is 38.0 Å². The Kier molecular flexibility index (Phi) is 8.76. The Balaban J connectivity index is 5.11. The minimum atomic E-state index is 0.672. The van der Waals surface area contributed by atoms with Crippen molar-refractivity contribution in [2.24, 2.45) is 0 Å². The third-order valence-corrected chi connectivity index (χ3v) is 2.51. The molecule has 0 rings (SSSR count). The van der Waals surface area contributed by atoms with Gasteiger partial charge in [0.1, 0.15) is 0 Å². The summed E-state index contributed by atoms with van der Waals surface area (Å²) in [6.45, 7) is 11.2. The summed E-state index contributed by atoms with van der Waals surface area (Å²) in [5.74, 6) is 0.880. The molecule has 0 unspecified atom stereocenters. The highest BCUT2D eigenvalue weighted by Gasteiger charge is 2.03. The van der Waals surface area contributed by atoms with Crippen LogP contribution in [-0.4, -0.2) is 27.4 Å². The van der Waals surface area contributed by atoms with Gasteiger partial charge >= 0.3 is 0 Å². The van der Waals surface area contributed by atoms with Crippen molar-refractivity contribution in [1.82, 2.24) is 5.32 Å². The van der Waals surface area contributed by atoms with Crippen molar-refractivity contribution < 1.29 is 9.47 Å². The van der Waals surface area contributed by atoms with Crippen LogP contribution in [0.15, 0.2) is 47.4 Å². The highest BCUT2D eigenvalue weighted by atomic mass is 16.5. The maximum Gasteiger partial charge on any atom is 0.0927 e. The average Bonchev–Trinajstić information content (AvgIpc) is 2.34. The Morgan fingerprint density at radius 2 is 1.89 bits per heavy atom. The molecule has 0 fully saturated rings. The number of ether oxygens (including phenoxy) is 2. The van der Waals surface area contributed by atoms with E-state index in [-0.39, 0.29) is 0 Å². The zero-order valence-corrected chi connectivity index (χ0v) is 12.2. The second kappa shape index (κ2) is 9.54. The van der Waals surface area contributed by atoms with Crippen LogP contribution in [0.5, 0.6) is 0 Å². The molecule has 0 aliphatic heterocycles. The summed E-state index contributed by atoms with van der Waals surface area (Å²) >= 11 is 0. The van der Waals surface area contributed by atoms with Crippen LogP contribution < -0.4 is 5.32 Å². The third kappa shape index (κ3) is 6.30. The average molecular weight is 251 g/mol. The van der Waals surface area contributed by atoms with Gasteiger partial charge in [-0.1, -0.05) is 18.7 Å². The summed E-state index contributed by atoms with van der Waals surface area (Å²) < 4.78 is 10.2. The molecule has 3 heteroatoms. The lowest BCUT2D eigenvalue weighted by molar-refractivity contribution is 0.202. The van der Waals surface area contributed by atoms with Gasteiger partial charge in [-0.3, -0.25) is 0 Å². The van der Waals surface area contributed by atoms with Gasteiger partial charge in [0.15, 0.2) is 0 Å². The smallest absolute Gasteiger partial charge is 0.0927 e. The first kappa shape index (κ1) is 16.5. The van der Waals surface area contributed by atoms with E-state index in [1.165, 1.54) is 0 Å². The highest BCUT2D eigenvalue weighted by molar-refractivity contribution is 5.38. The fraction of sp³-hybridized carbons (Fsp3) is 0.467. The van der Waals surface area contributed by atoms with Crippen LogP contribution in [0.1, 0.15) is 20.8 Å². The largest absolute Gasteiger partial charge is 0.501 e. The summed E-state index contributed by atoms with van der Waals surface area (Å²) in [5.41, 5.74) is 3.35. The number of allylic oxidation sites excluding steroid dienone is 6. The molecule has 0 aliphatic rings. The van der Waals surface area contributed by atoms with E-state index in [1.807, 2.05) is 19.1 Å². The van der Waals surface area contributed by atoms with Crippen molar-refractivity contribution in [1.29, 1.82) is 0 Å². The molecule has 18 heavy (non-hydrogen) atoms. The quantitative estimate of drug-likeness (QED) is 0.408. The Hall–Kier alpha value is -1.48. The number of rotatable bonds is 8. The molecule has 0 radical (unpaired) electrons. The van der Waals surface area contributed by atoms with E-state index in [0.29, 0.717) is 6.61 Å². The van der Waals surface area contributed by atoms with E-state index in [0.717, 1.165) is 29.1 Å². The molecule has 0 heterocycles. The molecule has 0 saturated carbocycles. The second-order valence-corrected chi connectivity index (χ2v) is 4.02. The normalized spacial score (nSPS) is 14.1. The molecule has 0 bridgehead atoms. The number of methoxy groups -OCH3 is 2. The zero-order valence-electron chi connectivity index (χ0n) is 12.2. The van der Waals surface area contributed by atoms with Crippen LogP contribution in [0.3, 0.4) is 0 Å². The predicted octanol–water partition coefficient (Wildman–Crippen LogP) is 3.18. The van der Waals surface area contributed by atoms with Crippen LogP contribution in [-0.2, 0) is 9.47 Å². The summed E-state index contributed by atoms with van der Waals surface area (Å²) in [7, 11) is 3.36. The predicted molar refractivity (Wildman–Crippen MR) is 77.3 cm³/mol. The van der Waals surface area contributed by atoms with Gasteiger partial charge < -0.3 is 14.8 Å². The minimum absolute atomic E-state index is 0.672. The van der Waals surface area contributed by atoms with Crippen molar-refractivity contribution in [3.05, 3.63) is 47.4 Å². The molecular weight excluding hydrogens is 226 g/mol. The standard InChI is InChI=1S/C15H25NO2/c1-7-8-12(2)15(16-9-10-17-5)13(3)11-14(4)18-6/h7-8,11,16H,1,9-10H2,2-6H3/b12-8+,14-11+,15-13-. The molecule has 0 saturated heterocycles. The highest BCUT2D eigenvalue weighted by Crippen LogP contribution is 2.14. The van der Waals surface area contributed by atoms with E-state index in [4.69, 9.17) is 9.47 Å². The van der Waals surface area contributed by atoms with Crippen molar-refractivity contribution in [3.8, 4) is 0 Å². The van der Waals surface area contributed by atoms with E-state index < -0.39 is 0 Å². The Bertz CT molecular complexity index is 352. The second-order valence-electron chi connectivity index (χ2n) is 4.02. The fourth-order valence-corrected chi connectivity index (χ4v) is 1.56. The minimum Gasteiger partial charge on any atom is -0.501 e. The first-order chi connectivity index (χ1) is 8.56. The molecule has 3 nitrogen and oxygen atoms in total. The maximum atomic E-state index is 5.17. The Morgan fingerprint density at radius 1 is 1.22 bits per heavy atom. The monoisotopic (exact) mass is 251 g/mol. The van der Waals surface area contributed by atoms with Crippen LogP contribution in [0.4, 0.5) is 0 Å². The Labute approximate surface area is 111 Å². The van der Waals surface area contributed by atoms with Gasteiger partial charge in [0.2, 0.25) is 0 Å². The summed E-state index contributed by atoms with van der Waals surface area (Å²) in [6, 6.07) is 0. The molecule has 0 aromatic rings. The van der Waals surface area contributed by atoms with Crippen molar-refractivity contribution >= 4 is 0 Å². The fourth-order valence-electron chi connectivity index (χ4n) is 1.56. The molecular formula is C15H25NO2. The van der Waals surface area contributed by atoms with Gasteiger partial charge in [-0.15, -0.1) is 0 Å². The third-order valence-electron chi connectivity index (χ3n) is 2.51. The molecule has 0 aromatic carbocycles. The summed E-state index contributed by atoms with van der Waals surface area (Å²) in [4.78, 5) is 0. The first-order valence-electron chi connectivity index (χ1n) is 6.02. The molecule has 0 amide bonds. The molecule has 0 aliphatic carbocycles. The van der Waals surface area contributed by atoms with Gasteiger partial charge in [0.25, 0.3) is 0 Å². The maximum absolute atomic E-state index is 5.17. The lowest BCUT2D eigenvalue weighted by Crippen LogP contribution is -2.20. The Morgan fingerprint density at radius 3 is 2.39 bits per heavy atom. The lowest BCUT2D eigenvalue weighted by Gasteiger charge is -2.14. The van der Waals surface area contributed by atoms with Crippen LogP contribution in [0, 0.1) is 0 Å². The van der Waals surface area contributed by atoms with E-state index in [2.05, 4.69) is 25.7 Å². The molecule has 0 aromatic heterocycles. The van der Waals surface area contributed by atoms with E-state index in [1.54, 1.807) is 20.3 Å². The molecule has 0 atom stereocenters. The number of nitrogens with one attached hydrogen (secondary N) is 1. The topological polar surface area (TPSA) is 30.5 Å². The van der Waals surface area contributed by atoms with Gasteiger partial charge in [-0.2, -0.15) is 0 Å². The van der Waals surface area contributed by atoms with Crippen molar-refractivity contribution in [2.45, 2.75) is 20.8 Å². The lowest BCUT2D eigenvalue weighted by atomic mass is 10.1. The van der Waals surface area contributed by atoms with Crippen LogP contribution >= 0.6 is 0 Å². The number of hydrogen-bond donors (Lipinski definition) is 1. The summed E-state index contributed by atoms with van der Waals surface area (Å²) in [6.07, 6.45) is 5.78. The van der Waals surface area contributed by atoms with Gasteiger partial charge in [0, 0.05) is 19.4 Å². The van der Waals surface area contributed by atoms with E-state index in [9.17, 15) is 0 Å². The molecule has 1 N–H and O–H groups in total. The molecule has 102 valence electrons. The van der Waals surface area contributed by atoms with Crippen LogP contribution in [0.25, 0.3) is 0 Å². The van der Waals surface area contributed by atoms with Crippen molar-refractivity contribution in [3.63, 3.8) is 0 Å².